The molecule has 0 radical (unpaired) electrons. The summed E-state index contributed by atoms with van der Waals surface area (Å²) >= 11 is 0. The highest BCUT2D eigenvalue weighted by molar-refractivity contribution is 7.89. The largest absolute Gasteiger partial charge is 0.453 e. The zero-order valence-corrected chi connectivity index (χ0v) is 17.4. The number of benzene rings is 1. The van der Waals surface area contributed by atoms with Crippen molar-refractivity contribution >= 4 is 21.9 Å². The zero-order valence-electron chi connectivity index (χ0n) is 16.6. The summed E-state index contributed by atoms with van der Waals surface area (Å²) in [6.45, 7) is 7.34. The summed E-state index contributed by atoms with van der Waals surface area (Å²) in [4.78, 5) is 25.9. The van der Waals surface area contributed by atoms with Crippen molar-refractivity contribution in [2.45, 2.75) is 44.6 Å². The van der Waals surface area contributed by atoms with Crippen LogP contribution in [0.2, 0.25) is 0 Å². The van der Waals surface area contributed by atoms with E-state index in [9.17, 15) is 18.0 Å². The lowest BCUT2D eigenvalue weighted by atomic mass is 10.1. The van der Waals surface area contributed by atoms with E-state index in [1.54, 1.807) is 23.1 Å². The molecule has 0 aliphatic carbocycles. The highest BCUT2D eigenvalue weighted by Gasteiger charge is 2.25. The van der Waals surface area contributed by atoms with Crippen molar-refractivity contribution in [3.8, 4) is 0 Å². The predicted molar refractivity (Wildman–Crippen MR) is 103 cm³/mol. The topological polar surface area (TPSA) is 102 Å². The van der Waals surface area contributed by atoms with Gasteiger partial charge in [0.05, 0.1) is 18.1 Å². The first-order valence-electron chi connectivity index (χ1n) is 9.33. The molecule has 0 unspecified atom stereocenters. The molecular formula is C19H28N2O6S. The average Bonchev–Trinajstić information content (AvgIpc) is 2.67. The van der Waals surface area contributed by atoms with Gasteiger partial charge in [0.2, 0.25) is 10.0 Å². The molecule has 1 aromatic rings. The number of amides is 1. The van der Waals surface area contributed by atoms with Gasteiger partial charge in [-0.05, 0) is 50.5 Å². The normalized spacial score (nSPS) is 15.9. The van der Waals surface area contributed by atoms with Crippen LogP contribution in [0.3, 0.4) is 0 Å². The molecule has 1 atom stereocenters. The molecule has 1 aliphatic rings. The fraction of sp³-hybridized carbons (Fsp3) is 0.579. The van der Waals surface area contributed by atoms with Gasteiger partial charge in [-0.25, -0.2) is 13.1 Å². The van der Waals surface area contributed by atoms with Crippen molar-refractivity contribution in [3.63, 3.8) is 0 Å². The van der Waals surface area contributed by atoms with Gasteiger partial charge in [-0.1, -0.05) is 6.07 Å². The van der Waals surface area contributed by atoms with Crippen LogP contribution in [0.4, 0.5) is 0 Å². The molecule has 0 saturated carbocycles. The van der Waals surface area contributed by atoms with E-state index < -0.39 is 22.1 Å². The van der Waals surface area contributed by atoms with E-state index >= 15 is 0 Å². The van der Waals surface area contributed by atoms with Gasteiger partial charge in [-0.2, -0.15) is 0 Å². The maximum atomic E-state index is 12.3. The summed E-state index contributed by atoms with van der Waals surface area (Å²) in [7, 11) is -3.62. The van der Waals surface area contributed by atoms with Crippen molar-refractivity contribution in [2.24, 2.45) is 0 Å². The molecule has 28 heavy (non-hydrogen) atoms. The van der Waals surface area contributed by atoms with Crippen LogP contribution in [0.25, 0.3) is 0 Å². The molecule has 2 rings (SSSR count). The fourth-order valence-electron chi connectivity index (χ4n) is 2.75. The summed E-state index contributed by atoms with van der Waals surface area (Å²) in [5.41, 5.74) is 1.91. The number of nitrogens with one attached hydrogen (secondary N) is 1. The van der Waals surface area contributed by atoms with Crippen molar-refractivity contribution < 1.29 is 27.5 Å². The Bertz CT molecular complexity index is 803. The number of ether oxygens (including phenoxy) is 2. The molecule has 9 heteroatoms. The van der Waals surface area contributed by atoms with Crippen molar-refractivity contribution in [1.29, 1.82) is 0 Å². The third-order valence-corrected chi connectivity index (χ3v) is 6.08. The van der Waals surface area contributed by atoms with Crippen molar-refractivity contribution in [2.75, 3.05) is 32.8 Å². The SMILES string of the molecule is Cc1ccc(S(=O)(=O)NCCCC(=O)O[C@@H](C)C(=O)N2CCOCC2)cc1C. The molecule has 1 fully saturated rings. The Kier molecular flexibility index (Phi) is 7.97. The van der Waals surface area contributed by atoms with Gasteiger partial charge < -0.3 is 14.4 Å². The lowest BCUT2D eigenvalue weighted by Gasteiger charge is -2.28. The smallest absolute Gasteiger partial charge is 0.306 e. The number of nitrogens with zero attached hydrogens (tertiary/aromatic N) is 1. The van der Waals surface area contributed by atoms with Crippen LogP contribution in [0.1, 0.15) is 30.9 Å². The minimum Gasteiger partial charge on any atom is -0.453 e. The maximum absolute atomic E-state index is 12.3. The van der Waals surface area contributed by atoms with Gasteiger partial charge in [0, 0.05) is 26.1 Å². The number of aryl methyl sites for hydroxylation is 2. The Hall–Kier alpha value is -1.97. The van der Waals surface area contributed by atoms with Crippen LogP contribution >= 0.6 is 0 Å². The van der Waals surface area contributed by atoms with Crippen molar-refractivity contribution in [3.05, 3.63) is 29.3 Å². The number of hydrogen-bond acceptors (Lipinski definition) is 6. The van der Waals surface area contributed by atoms with Gasteiger partial charge in [0.15, 0.2) is 6.10 Å². The number of rotatable bonds is 8. The minimum atomic E-state index is -3.62. The molecule has 0 aromatic heterocycles. The zero-order chi connectivity index (χ0) is 20.7. The first-order chi connectivity index (χ1) is 13.2. The van der Waals surface area contributed by atoms with Crippen LogP contribution in [-0.2, 0) is 29.1 Å². The first-order valence-corrected chi connectivity index (χ1v) is 10.8. The standard InChI is InChI=1S/C19H28N2O6S/c1-14-6-7-17(13-15(14)2)28(24,25)20-8-4-5-18(22)27-16(3)19(23)21-9-11-26-12-10-21/h6-7,13,16,20H,4-5,8-12H2,1-3H3/t16-/m0/s1. The molecule has 1 aliphatic heterocycles. The summed E-state index contributed by atoms with van der Waals surface area (Å²) in [6.07, 6.45) is -0.560. The fourth-order valence-corrected chi connectivity index (χ4v) is 3.91. The van der Waals surface area contributed by atoms with Gasteiger partial charge in [0.1, 0.15) is 0 Å². The van der Waals surface area contributed by atoms with E-state index in [2.05, 4.69) is 4.72 Å². The lowest BCUT2D eigenvalue weighted by Crippen LogP contribution is -2.46. The van der Waals surface area contributed by atoms with Gasteiger partial charge >= 0.3 is 5.97 Å². The number of carbonyl (C=O) groups excluding carboxylic acids is 2. The maximum Gasteiger partial charge on any atom is 0.306 e. The van der Waals surface area contributed by atoms with Gasteiger partial charge in [-0.15, -0.1) is 0 Å². The van der Waals surface area contributed by atoms with E-state index in [4.69, 9.17) is 9.47 Å². The quantitative estimate of drug-likeness (QED) is 0.508. The van der Waals surface area contributed by atoms with E-state index in [0.717, 1.165) is 11.1 Å². The average molecular weight is 413 g/mol. The molecule has 1 saturated heterocycles. The molecule has 1 heterocycles. The number of morpholine rings is 1. The second kappa shape index (κ2) is 9.99. The van der Waals surface area contributed by atoms with Crippen LogP contribution < -0.4 is 4.72 Å². The number of sulfonamides is 1. The Balaban J connectivity index is 1.74. The molecule has 8 nitrogen and oxygen atoms in total. The molecule has 1 amide bonds. The highest BCUT2D eigenvalue weighted by Crippen LogP contribution is 2.14. The number of hydrogen-bond donors (Lipinski definition) is 1. The second-order valence-corrected chi connectivity index (χ2v) is 8.58. The van der Waals surface area contributed by atoms with Gasteiger partial charge in [0.25, 0.3) is 5.91 Å². The Morgan fingerprint density at radius 1 is 1.21 bits per heavy atom. The lowest BCUT2D eigenvalue weighted by molar-refractivity contribution is -0.160. The van der Waals surface area contributed by atoms with Crippen LogP contribution in [0, 0.1) is 13.8 Å². The van der Waals surface area contributed by atoms with E-state index in [0.29, 0.717) is 26.3 Å². The van der Waals surface area contributed by atoms with Crippen molar-refractivity contribution in [1.82, 2.24) is 9.62 Å². The van der Waals surface area contributed by atoms with E-state index in [-0.39, 0.29) is 30.2 Å². The summed E-state index contributed by atoms with van der Waals surface area (Å²) in [6, 6.07) is 4.93. The van der Waals surface area contributed by atoms with Crippen LogP contribution in [0.5, 0.6) is 0 Å². The summed E-state index contributed by atoms with van der Waals surface area (Å²) in [5.74, 6) is -0.772. The number of esters is 1. The summed E-state index contributed by atoms with van der Waals surface area (Å²) in [5, 5.41) is 0. The minimum absolute atomic E-state index is 0.0240. The van der Waals surface area contributed by atoms with E-state index in [1.165, 1.54) is 6.92 Å². The second-order valence-electron chi connectivity index (χ2n) is 6.82. The van der Waals surface area contributed by atoms with Crippen LogP contribution in [-0.4, -0.2) is 64.1 Å². The molecule has 0 bridgehead atoms. The molecule has 156 valence electrons. The Labute approximate surface area is 166 Å². The Morgan fingerprint density at radius 2 is 1.89 bits per heavy atom. The third-order valence-electron chi connectivity index (χ3n) is 4.62. The third kappa shape index (κ3) is 6.29. The van der Waals surface area contributed by atoms with E-state index in [1.807, 2.05) is 13.8 Å². The molecular weight excluding hydrogens is 384 g/mol. The number of carbonyl (C=O) groups is 2. The molecule has 0 spiro atoms. The Morgan fingerprint density at radius 3 is 2.54 bits per heavy atom. The predicted octanol–water partition coefficient (Wildman–Crippen LogP) is 1.15. The molecule has 1 aromatic carbocycles. The monoisotopic (exact) mass is 412 g/mol. The van der Waals surface area contributed by atoms with Gasteiger partial charge in [-0.3, -0.25) is 9.59 Å². The molecule has 1 N–H and O–H groups in total. The highest BCUT2D eigenvalue weighted by atomic mass is 32.2. The summed E-state index contributed by atoms with van der Waals surface area (Å²) < 4.78 is 37.4. The van der Waals surface area contributed by atoms with Crippen LogP contribution in [0.15, 0.2) is 23.1 Å². The first kappa shape index (κ1) is 22.3.